The third kappa shape index (κ3) is 5.49. The van der Waals surface area contributed by atoms with Crippen molar-refractivity contribution in [2.75, 3.05) is 11.3 Å². The van der Waals surface area contributed by atoms with E-state index in [9.17, 15) is 21.6 Å². The predicted molar refractivity (Wildman–Crippen MR) is 73.9 cm³/mol. The van der Waals surface area contributed by atoms with Crippen molar-refractivity contribution in [3.63, 3.8) is 0 Å². The quantitative estimate of drug-likeness (QED) is 0.709. The van der Waals surface area contributed by atoms with E-state index in [2.05, 4.69) is 0 Å². The number of thiocarbonyl (C=S) groups is 1. The minimum atomic E-state index is -4.67. The highest BCUT2D eigenvalue weighted by Crippen LogP contribution is 2.22. The molecule has 0 fully saturated rings. The van der Waals surface area contributed by atoms with Crippen LogP contribution in [0.15, 0.2) is 18.2 Å². The van der Waals surface area contributed by atoms with Crippen molar-refractivity contribution >= 4 is 44.7 Å². The summed E-state index contributed by atoms with van der Waals surface area (Å²) in [5.41, 5.74) is 5.41. The smallest absolute Gasteiger partial charge is 0.389 e. The summed E-state index contributed by atoms with van der Waals surface area (Å²) < 4.78 is 62.1. The maximum Gasteiger partial charge on any atom is 0.402 e. The molecule has 0 aliphatic heterocycles. The molecule has 11 heteroatoms. The van der Waals surface area contributed by atoms with Crippen molar-refractivity contribution in [2.45, 2.75) is 6.18 Å². The van der Waals surface area contributed by atoms with Crippen molar-refractivity contribution in [3.05, 3.63) is 28.8 Å². The number of hydrogen-bond donors (Lipinski definition) is 3. The zero-order valence-electron chi connectivity index (χ0n) is 9.66. The predicted octanol–water partition coefficient (Wildman–Crippen LogP) is 1.78. The monoisotopic (exact) mass is 347 g/mol. The Labute approximate surface area is 123 Å². The van der Waals surface area contributed by atoms with E-state index in [0.717, 1.165) is 0 Å². The van der Waals surface area contributed by atoms with Gasteiger partial charge in [-0.25, -0.2) is 0 Å². The van der Waals surface area contributed by atoms with Crippen LogP contribution < -0.4 is 15.2 Å². The second-order valence-corrected chi connectivity index (χ2v) is 5.97. The van der Waals surface area contributed by atoms with E-state index < -0.39 is 22.9 Å². The van der Waals surface area contributed by atoms with Crippen LogP contribution in [-0.2, 0) is 10.2 Å². The average molecular weight is 348 g/mol. The van der Waals surface area contributed by atoms with Crippen LogP contribution in [0, 0.1) is 0 Å². The average Bonchev–Trinajstić information content (AvgIpc) is 2.24. The van der Waals surface area contributed by atoms with Crippen LogP contribution in [0.1, 0.15) is 5.56 Å². The number of rotatable bonds is 5. The molecule has 0 radical (unpaired) electrons. The minimum Gasteiger partial charge on any atom is -0.389 e. The van der Waals surface area contributed by atoms with Gasteiger partial charge >= 0.3 is 6.18 Å². The molecular formula is C9H9ClF3N3O2S2. The number of hydrogen-bond acceptors (Lipinski definition) is 3. The van der Waals surface area contributed by atoms with Gasteiger partial charge in [-0.3, -0.25) is 4.72 Å². The molecule has 0 amide bonds. The zero-order valence-corrected chi connectivity index (χ0v) is 12.1. The standard InChI is InChI=1S/C9H9ClF3N3O2S2/c10-5-1-2-6(8(14)19)7(3-5)16-20(17,18)15-4-9(11,12)13/h1-3,15-16H,4H2,(H2,14,19). The van der Waals surface area contributed by atoms with Crippen LogP contribution in [0.3, 0.4) is 0 Å². The summed E-state index contributed by atoms with van der Waals surface area (Å²) in [4.78, 5) is -0.129. The summed E-state index contributed by atoms with van der Waals surface area (Å²) in [5, 5.41) is 0.165. The van der Waals surface area contributed by atoms with E-state index in [4.69, 9.17) is 29.6 Å². The van der Waals surface area contributed by atoms with E-state index in [1.807, 2.05) is 4.72 Å². The SMILES string of the molecule is NC(=S)c1ccc(Cl)cc1NS(=O)(=O)NCC(F)(F)F. The van der Waals surface area contributed by atoms with Gasteiger partial charge in [0.05, 0.1) is 5.69 Å². The van der Waals surface area contributed by atoms with Gasteiger partial charge in [-0.2, -0.15) is 26.3 Å². The van der Waals surface area contributed by atoms with Gasteiger partial charge in [0.15, 0.2) is 0 Å². The number of anilines is 1. The number of benzene rings is 1. The second-order valence-electron chi connectivity index (χ2n) is 3.60. The largest absolute Gasteiger partial charge is 0.402 e. The third-order valence-electron chi connectivity index (χ3n) is 1.95. The molecule has 0 heterocycles. The summed E-state index contributed by atoms with van der Waals surface area (Å²) in [6.07, 6.45) is -4.67. The third-order valence-corrected chi connectivity index (χ3v) is 3.42. The molecule has 5 nitrogen and oxygen atoms in total. The second kappa shape index (κ2) is 6.12. The minimum absolute atomic E-state index is 0.111. The topological polar surface area (TPSA) is 84.2 Å². The molecule has 1 aromatic carbocycles. The van der Waals surface area contributed by atoms with Gasteiger partial charge < -0.3 is 5.73 Å². The van der Waals surface area contributed by atoms with Crippen LogP contribution in [0.4, 0.5) is 18.9 Å². The first-order chi connectivity index (χ1) is 9.00. The summed E-state index contributed by atoms with van der Waals surface area (Å²) in [6.45, 7) is -1.70. The summed E-state index contributed by atoms with van der Waals surface area (Å²) >= 11 is 10.4. The van der Waals surface area contributed by atoms with Crippen molar-refractivity contribution in [1.82, 2.24) is 4.72 Å². The highest BCUT2D eigenvalue weighted by Gasteiger charge is 2.29. The Morgan fingerprint density at radius 1 is 1.40 bits per heavy atom. The molecule has 0 unspecified atom stereocenters. The van der Waals surface area contributed by atoms with Crippen molar-refractivity contribution in [3.8, 4) is 0 Å². The Morgan fingerprint density at radius 3 is 2.50 bits per heavy atom. The lowest BCUT2D eigenvalue weighted by Gasteiger charge is -2.14. The lowest BCUT2D eigenvalue weighted by atomic mass is 10.2. The van der Waals surface area contributed by atoms with Gasteiger partial charge in [0.1, 0.15) is 11.5 Å². The van der Waals surface area contributed by atoms with E-state index >= 15 is 0 Å². The van der Waals surface area contributed by atoms with Gasteiger partial charge in [-0.05, 0) is 18.2 Å². The molecule has 0 aromatic heterocycles. The van der Waals surface area contributed by atoms with Gasteiger partial charge in [0.2, 0.25) is 0 Å². The maximum atomic E-state index is 12.0. The molecule has 4 N–H and O–H groups in total. The molecule has 0 aliphatic carbocycles. The van der Waals surface area contributed by atoms with Crippen LogP contribution in [0.5, 0.6) is 0 Å². The first-order valence-corrected chi connectivity index (χ1v) is 7.20. The van der Waals surface area contributed by atoms with Crippen LogP contribution in [0.25, 0.3) is 0 Å². The normalized spacial score (nSPS) is 12.2. The number of halogens is 4. The first-order valence-electron chi connectivity index (χ1n) is 4.94. The molecule has 0 saturated heterocycles. The molecule has 20 heavy (non-hydrogen) atoms. The van der Waals surface area contributed by atoms with E-state index in [0.29, 0.717) is 0 Å². The summed E-state index contributed by atoms with van der Waals surface area (Å²) in [6, 6.07) is 3.95. The van der Waals surface area contributed by atoms with Crippen LogP contribution >= 0.6 is 23.8 Å². The lowest BCUT2D eigenvalue weighted by molar-refractivity contribution is -0.121. The molecule has 0 saturated carbocycles. The van der Waals surface area contributed by atoms with E-state index in [1.165, 1.54) is 22.9 Å². The number of alkyl halides is 3. The van der Waals surface area contributed by atoms with Crippen molar-refractivity contribution in [2.24, 2.45) is 5.73 Å². The Kier molecular flexibility index (Phi) is 5.19. The highest BCUT2D eigenvalue weighted by atomic mass is 35.5. The Morgan fingerprint density at radius 2 is 2.00 bits per heavy atom. The van der Waals surface area contributed by atoms with Crippen molar-refractivity contribution < 1.29 is 21.6 Å². The number of nitrogens with one attached hydrogen (secondary N) is 2. The Hall–Kier alpha value is -1.10. The van der Waals surface area contributed by atoms with Gasteiger partial charge in [0.25, 0.3) is 10.2 Å². The molecule has 1 rings (SSSR count). The van der Waals surface area contributed by atoms with Gasteiger partial charge in [-0.1, -0.05) is 23.8 Å². The van der Waals surface area contributed by atoms with Crippen LogP contribution in [-0.4, -0.2) is 26.1 Å². The first kappa shape index (κ1) is 17.0. The Bertz CT molecular complexity index is 619. The summed E-state index contributed by atoms with van der Waals surface area (Å²) in [5.74, 6) is 0. The maximum absolute atomic E-state index is 12.0. The summed E-state index contributed by atoms with van der Waals surface area (Å²) in [7, 11) is -4.43. The Balaban J connectivity index is 2.97. The molecule has 0 bridgehead atoms. The van der Waals surface area contributed by atoms with E-state index in [1.54, 1.807) is 0 Å². The lowest BCUT2D eigenvalue weighted by Crippen LogP contribution is -2.37. The molecule has 0 aliphatic rings. The zero-order chi connectivity index (χ0) is 15.6. The molecule has 112 valence electrons. The fourth-order valence-corrected chi connectivity index (χ4v) is 2.41. The molecule has 0 atom stereocenters. The van der Waals surface area contributed by atoms with Gasteiger partial charge in [-0.15, -0.1) is 0 Å². The van der Waals surface area contributed by atoms with Crippen LogP contribution in [0.2, 0.25) is 5.02 Å². The fraction of sp³-hybridized carbons (Fsp3) is 0.222. The molecule has 0 spiro atoms. The fourth-order valence-electron chi connectivity index (χ4n) is 1.17. The number of nitrogens with two attached hydrogens (primary N) is 1. The highest BCUT2D eigenvalue weighted by molar-refractivity contribution is 7.90. The van der Waals surface area contributed by atoms with Crippen molar-refractivity contribution in [1.29, 1.82) is 0 Å². The van der Waals surface area contributed by atoms with Gasteiger partial charge in [0, 0.05) is 10.6 Å². The molecule has 1 aromatic rings. The molecular weight excluding hydrogens is 339 g/mol. The van der Waals surface area contributed by atoms with E-state index in [-0.39, 0.29) is 21.3 Å².